The molecule has 100 valence electrons. The summed E-state index contributed by atoms with van der Waals surface area (Å²) in [6, 6.07) is 6.46. The predicted molar refractivity (Wildman–Crippen MR) is 80.1 cm³/mol. The lowest BCUT2D eigenvalue weighted by molar-refractivity contribution is 0.624. The first-order valence-electron chi connectivity index (χ1n) is 5.69. The zero-order valence-corrected chi connectivity index (χ0v) is 13.3. The molecule has 0 aliphatic carbocycles. The number of thioether (sulfide) groups is 1. The second-order valence-corrected chi connectivity index (χ2v) is 5.99. The van der Waals surface area contributed by atoms with Crippen LogP contribution in [0.15, 0.2) is 33.6 Å². The molecule has 2 nitrogen and oxygen atoms in total. The Balaban J connectivity index is 2.13. The highest BCUT2D eigenvalue weighted by Crippen LogP contribution is 2.27. The van der Waals surface area contributed by atoms with Gasteiger partial charge in [0.1, 0.15) is 16.8 Å². The molecule has 0 saturated carbocycles. The summed E-state index contributed by atoms with van der Waals surface area (Å²) in [5.41, 5.74) is 0.884. The van der Waals surface area contributed by atoms with Crippen LogP contribution >= 0.6 is 39.3 Å². The molecular weight excluding hydrogens is 351 g/mol. The molecule has 0 fully saturated rings. The molecule has 0 spiro atoms. The van der Waals surface area contributed by atoms with Crippen LogP contribution in [0.25, 0.3) is 0 Å². The lowest BCUT2D eigenvalue weighted by atomic mass is 10.3. The van der Waals surface area contributed by atoms with Gasteiger partial charge in [-0.3, -0.25) is 0 Å². The van der Waals surface area contributed by atoms with E-state index in [4.69, 9.17) is 11.6 Å². The Morgan fingerprint density at radius 1 is 1.37 bits per heavy atom. The highest BCUT2D eigenvalue weighted by atomic mass is 79.9. The molecule has 1 aromatic carbocycles. The first-order chi connectivity index (χ1) is 9.10. The number of hydrogen-bond acceptors (Lipinski definition) is 3. The van der Waals surface area contributed by atoms with Gasteiger partial charge in [-0.1, -0.05) is 24.6 Å². The Bertz CT molecular complexity index is 595. The maximum atomic E-state index is 13.1. The standard InChI is InChI=1S/C13H11BrClFN2S/c1-2-10-12(14)13(15)18-11(17-10)7-19-9-5-3-4-8(16)6-9/h3-6H,2,7H2,1H3. The van der Waals surface area contributed by atoms with E-state index < -0.39 is 0 Å². The van der Waals surface area contributed by atoms with Crippen LogP contribution in [0, 0.1) is 5.82 Å². The second-order valence-electron chi connectivity index (χ2n) is 3.79. The summed E-state index contributed by atoms with van der Waals surface area (Å²) in [5.74, 6) is 0.969. The third-order valence-corrected chi connectivity index (χ3v) is 4.75. The fraction of sp³-hybridized carbons (Fsp3) is 0.231. The molecule has 19 heavy (non-hydrogen) atoms. The third-order valence-electron chi connectivity index (χ3n) is 2.42. The largest absolute Gasteiger partial charge is 0.236 e. The number of aromatic nitrogens is 2. The number of nitrogens with zero attached hydrogens (tertiary/aromatic N) is 2. The molecule has 0 aliphatic rings. The van der Waals surface area contributed by atoms with Gasteiger partial charge in [-0.2, -0.15) is 0 Å². The zero-order valence-electron chi connectivity index (χ0n) is 10.2. The maximum Gasteiger partial charge on any atom is 0.147 e. The molecule has 0 N–H and O–H groups in total. The van der Waals surface area contributed by atoms with Gasteiger partial charge in [0, 0.05) is 4.90 Å². The van der Waals surface area contributed by atoms with Crippen molar-refractivity contribution in [2.24, 2.45) is 0 Å². The molecule has 0 bridgehead atoms. The minimum Gasteiger partial charge on any atom is -0.236 e. The summed E-state index contributed by atoms with van der Waals surface area (Å²) >= 11 is 10.9. The molecule has 0 atom stereocenters. The topological polar surface area (TPSA) is 25.8 Å². The molecule has 6 heteroatoms. The van der Waals surface area contributed by atoms with Crippen LogP contribution in [0.5, 0.6) is 0 Å². The highest BCUT2D eigenvalue weighted by molar-refractivity contribution is 9.10. The Morgan fingerprint density at radius 2 is 2.16 bits per heavy atom. The average Bonchev–Trinajstić information content (AvgIpc) is 2.40. The molecule has 2 aromatic rings. The lowest BCUT2D eigenvalue weighted by Crippen LogP contribution is -1.99. The molecule has 0 radical (unpaired) electrons. The Hall–Kier alpha value is -0.650. The minimum atomic E-state index is -0.242. The van der Waals surface area contributed by atoms with Crippen molar-refractivity contribution < 1.29 is 4.39 Å². The Labute approximate surface area is 128 Å². The number of benzene rings is 1. The van der Waals surface area contributed by atoms with Gasteiger partial charge in [0.15, 0.2) is 0 Å². The summed E-state index contributed by atoms with van der Waals surface area (Å²) in [6.45, 7) is 2.01. The van der Waals surface area contributed by atoms with Crippen LogP contribution in [0.2, 0.25) is 5.15 Å². The third kappa shape index (κ3) is 3.91. The molecule has 0 aliphatic heterocycles. The van der Waals surface area contributed by atoms with Gasteiger partial charge in [-0.15, -0.1) is 11.8 Å². The number of rotatable bonds is 4. The van der Waals surface area contributed by atoms with E-state index in [1.54, 1.807) is 6.07 Å². The van der Waals surface area contributed by atoms with Gasteiger partial charge in [0.05, 0.1) is 15.9 Å². The molecule has 1 aromatic heterocycles. The highest BCUT2D eigenvalue weighted by Gasteiger charge is 2.09. The van der Waals surface area contributed by atoms with E-state index in [1.165, 1.54) is 23.9 Å². The first kappa shape index (κ1) is 14.8. The van der Waals surface area contributed by atoms with Crippen molar-refractivity contribution in [3.63, 3.8) is 0 Å². The molecule has 1 heterocycles. The SMILES string of the molecule is CCc1nc(CSc2cccc(F)c2)nc(Cl)c1Br. The Morgan fingerprint density at radius 3 is 2.84 bits per heavy atom. The zero-order chi connectivity index (χ0) is 13.8. The lowest BCUT2D eigenvalue weighted by Gasteiger charge is -2.06. The molecule has 0 saturated heterocycles. The van der Waals surface area contributed by atoms with E-state index in [0.29, 0.717) is 16.7 Å². The van der Waals surface area contributed by atoms with Gasteiger partial charge in [-0.05, 0) is 40.5 Å². The monoisotopic (exact) mass is 360 g/mol. The van der Waals surface area contributed by atoms with E-state index in [0.717, 1.165) is 21.5 Å². The van der Waals surface area contributed by atoms with Gasteiger partial charge in [0.2, 0.25) is 0 Å². The van der Waals surface area contributed by atoms with Crippen LogP contribution in [-0.4, -0.2) is 9.97 Å². The van der Waals surface area contributed by atoms with Crippen molar-refractivity contribution in [3.8, 4) is 0 Å². The fourth-order valence-corrected chi connectivity index (χ4v) is 2.97. The quantitative estimate of drug-likeness (QED) is 0.573. The van der Waals surface area contributed by atoms with Gasteiger partial charge in [0.25, 0.3) is 0 Å². The molecule has 0 unspecified atom stereocenters. The van der Waals surface area contributed by atoms with Crippen LogP contribution < -0.4 is 0 Å². The molecule has 0 amide bonds. The molecule has 2 rings (SSSR count). The van der Waals surface area contributed by atoms with E-state index in [9.17, 15) is 4.39 Å². The summed E-state index contributed by atoms with van der Waals surface area (Å²) in [7, 11) is 0. The van der Waals surface area contributed by atoms with Crippen molar-refractivity contribution in [2.45, 2.75) is 24.0 Å². The minimum absolute atomic E-state index is 0.242. The summed E-state index contributed by atoms with van der Waals surface area (Å²) in [4.78, 5) is 9.49. The van der Waals surface area contributed by atoms with E-state index in [2.05, 4.69) is 25.9 Å². The van der Waals surface area contributed by atoms with Crippen LogP contribution in [-0.2, 0) is 12.2 Å². The number of halogens is 3. The fourth-order valence-electron chi connectivity index (χ4n) is 1.51. The first-order valence-corrected chi connectivity index (χ1v) is 7.85. The predicted octanol–water partition coefficient (Wildman–Crippen LogP) is 4.89. The van der Waals surface area contributed by atoms with Crippen molar-refractivity contribution in [1.29, 1.82) is 0 Å². The van der Waals surface area contributed by atoms with E-state index >= 15 is 0 Å². The van der Waals surface area contributed by atoms with Crippen molar-refractivity contribution in [3.05, 3.63) is 51.2 Å². The Kier molecular flexibility index (Phi) is 5.19. The van der Waals surface area contributed by atoms with E-state index in [-0.39, 0.29) is 5.82 Å². The summed E-state index contributed by atoms with van der Waals surface area (Å²) in [6.07, 6.45) is 0.778. The van der Waals surface area contributed by atoms with Gasteiger partial charge < -0.3 is 0 Å². The molecular formula is C13H11BrClFN2S. The number of hydrogen-bond donors (Lipinski definition) is 0. The van der Waals surface area contributed by atoms with Crippen molar-refractivity contribution >= 4 is 39.3 Å². The summed E-state index contributed by atoms with van der Waals surface area (Å²) in [5, 5.41) is 0.418. The van der Waals surface area contributed by atoms with Gasteiger partial charge in [-0.25, -0.2) is 14.4 Å². The van der Waals surface area contributed by atoms with Crippen LogP contribution in [0.4, 0.5) is 4.39 Å². The normalized spacial score (nSPS) is 10.7. The maximum absolute atomic E-state index is 13.1. The van der Waals surface area contributed by atoms with Gasteiger partial charge >= 0.3 is 0 Å². The van der Waals surface area contributed by atoms with Crippen molar-refractivity contribution in [2.75, 3.05) is 0 Å². The van der Waals surface area contributed by atoms with Crippen LogP contribution in [0.3, 0.4) is 0 Å². The van der Waals surface area contributed by atoms with Crippen molar-refractivity contribution in [1.82, 2.24) is 9.97 Å². The van der Waals surface area contributed by atoms with Crippen LogP contribution in [0.1, 0.15) is 18.4 Å². The summed E-state index contributed by atoms with van der Waals surface area (Å²) < 4.78 is 13.8. The second kappa shape index (κ2) is 6.68. The average molecular weight is 362 g/mol. The number of aryl methyl sites for hydroxylation is 1. The van der Waals surface area contributed by atoms with E-state index in [1.807, 2.05) is 13.0 Å². The smallest absolute Gasteiger partial charge is 0.147 e.